The molecule has 2 aliphatic carbocycles. The van der Waals surface area contributed by atoms with E-state index in [0.717, 1.165) is 25.7 Å². The van der Waals surface area contributed by atoms with Crippen molar-refractivity contribution >= 4 is 29.1 Å². The maximum Gasteiger partial charge on any atom is 0.323 e. The number of fused-ring (bicyclic) bond motifs is 3. The van der Waals surface area contributed by atoms with E-state index in [1.807, 2.05) is 0 Å². The number of benzene rings is 2. The number of Topliss-reactive ketones (excluding diaryl/α,β-unsaturated/α-hetero) is 2. The van der Waals surface area contributed by atoms with E-state index in [4.69, 9.17) is 25.7 Å². The number of hydrogen-bond acceptors (Lipinski definition) is 14. The summed E-state index contributed by atoms with van der Waals surface area (Å²) in [6, 6.07) is 5.31. The quantitative estimate of drug-likeness (QED) is 0.0954. The molecular formula is C36H46N2O12. The molecule has 0 saturated carbocycles. The molecule has 1 saturated heterocycles. The molecule has 8 N–H and O–H groups in total. The van der Waals surface area contributed by atoms with Crippen molar-refractivity contribution < 1.29 is 58.6 Å². The molecular weight excluding hydrogens is 652 g/mol. The van der Waals surface area contributed by atoms with Gasteiger partial charge in [-0.05, 0) is 20.3 Å². The van der Waals surface area contributed by atoms with Gasteiger partial charge in [-0.25, -0.2) is 0 Å². The third kappa shape index (κ3) is 8.28. The van der Waals surface area contributed by atoms with Crippen molar-refractivity contribution in [1.82, 2.24) is 0 Å². The first-order valence-corrected chi connectivity index (χ1v) is 16.7. The number of ketones is 4. The first-order chi connectivity index (χ1) is 23.6. The standard InChI is InChI=1S/C25H25NO9.C11H21NO3/c1-10(27)25(26)7-13-18(16(8-25)35-17-6-14(28)15(29)9-34-17)24(33)20-19(23(13)32)21(30)11-4-2-3-5-12(11)22(20)31;1-3-4-5-6-7-15-11(14)10(12)8-9(2)13/h2-5,14-17,28-29,32-33H,6-9,26H2,1H3;10H,3-8,12H2,1-2H3/t14-,15+,16-,17-,25-;/m0./s1. The Morgan fingerprint density at radius 3 is 2.16 bits per heavy atom. The second kappa shape index (κ2) is 16.3. The summed E-state index contributed by atoms with van der Waals surface area (Å²) >= 11 is 0. The van der Waals surface area contributed by atoms with E-state index in [0.29, 0.717) is 6.61 Å². The number of hydrogen-bond donors (Lipinski definition) is 6. The highest BCUT2D eigenvalue weighted by molar-refractivity contribution is 6.30. The predicted molar refractivity (Wildman–Crippen MR) is 178 cm³/mol. The van der Waals surface area contributed by atoms with Crippen molar-refractivity contribution in [1.29, 1.82) is 0 Å². The molecule has 272 valence electrons. The maximum absolute atomic E-state index is 13.3. The largest absolute Gasteiger partial charge is 0.507 e. The number of rotatable bonds is 11. The monoisotopic (exact) mass is 698 g/mol. The Balaban J connectivity index is 0.000000318. The van der Waals surface area contributed by atoms with Gasteiger partial charge in [-0.15, -0.1) is 0 Å². The molecule has 14 heteroatoms. The number of aromatic hydroxyl groups is 2. The van der Waals surface area contributed by atoms with Crippen LogP contribution in [0.3, 0.4) is 0 Å². The average Bonchev–Trinajstić information content (AvgIpc) is 3.06. The van der Waals surface area contributed by atoms with Crippen LogP contribution in [0.2, 0.25) is 0 Å². The van der Waals surface area contributed by atoms with Crippen LogP contribution in [0.25, 0.3) is 0 Å². The minimum Gasteiger partial charge on any atom is -0.507 e. The van der Waals surface area contributed by atoms with E-state index in [1.54, 1.807) is 12.1 Å². The van der Waals surface area contributed by atoms with Crippen LogP contribution in [-0.4, -0.2) is 92.8 Å². The average molecular weight is 699 g/mol. The lowest BCUT2D eigenvalue weighted by molar-refractivity contribution is -0.238. The van der Waals surface area contributed by atoms with Gasteiger partial charge in [0.15, 0.2) is 17.9 Å². The Morgan fingerprint density at radius 2 is 1.60 bits per heavy atom. The molecule has 1 fully saturated rings. The lowest BCUT2D eigenvalue weighted by atomic mass is 9.71. The number of carbonyl (C=O) groups is 5. The minimum atomic E-state index is -1.50. The van der Waals surface area contributed by atoms with E-state index >= 15 is 0 Å². The summed E-state index contributed by atoms with van der Waals surface area (Å²) in [5, 5.41) is 42.3. The number of phenolic OH excluding ortho intramolecular Hbond substituents is 2. The van der Waals surface area contributed by atoms with Crippen molar-refractivity contribution in [3.05, 3.63) is 57.6 Å². The second-order valence-electron chi connectivity index (χ2n) is 13.1. The molecule has 0 radical (unpaired) electrons. The molecule has 1 unspecified atom stereocenters. The SMILES string of the molecule is CC(=O)[C@]1(N)Cc2c(O)c3c(c(O)c2[C@@H](O[C@H]2C[C@H](O)[C@H](O)CO2)C1)C(=O)c1ccccc1C3=O.CCCCCCOC(=O)C(N)CC(C)=O. The number of aliphatic hydroxyl groups is 2. The maximum atomic E-state index is 13.3. The van der Waals surface area contributed by atoms with Gasteiger partial charge >= 0.3 is 5.97 Å². The van der Waals surface area contributed by atoms with Gasteiger partial charge in [0, 0.05) is 47.9 Å². The van der Waals surface area contributed by atoms with Crippen LogP contribution in [0.1, 0.15) is 115 Å². The first-order valence-electron chi connectivity index (χ1n) is 16.7. The molecule has 0 amide bonds. The zero-order valence-corrected chi connectivity index (χ0v) is 28.5. The normalized spacial score (nSPS) is 24.5. The van der Waals surface area contributed by atoms with Gasteiger partial charge in [0.25, 0.3) is 0 Å². The summed E-state index contributed by atoms with van der Waals surface area (Å²) in [4.78, 5) is 60.9. The van der Waals surface area contributed by atoms with Crippen molar-refractivity contribution in [2.45, 2.75) is 108 Å². The van der Waals surface area contributed by atoms with Crippen LogP contribution < -0.4 is 11.5 Å². The molecule has 0 aromatic heterocycles. The highest BCUT2D eigenvalue weighted by Gasteiger charge is 2.48. The number of nitrogens with two attached hydrogens (primary N) is 2. The number of aliphatic hydroxyl groups excluding tert-OH is 2. The summed E-state index contributed by atoms with van der Waals surface area (Å²) < 4.78 is 16.4. The van der Waals surface area contributed by atoms with Gasteiger partial charge in [0.1, 0.15) is 35.2 Å². The fraction of sp³-hybridized carbons (Fsp3) is 0.528. The number of phenols is 2. The Labute approximate surface area is 289 Å². The number of ether oxygens (including phenoxy) is 3. The molecule has 6 atom stereocenters. The lowest BCUT2D eigenvalue weighted by Crippen LogP contribution is -2.53. The molecule has 2 aromatic rings. The van der Waals surface area contributed by atoms with Crippen LogP contribution in [0.5, 0.6) is 11.5 Å². The van der Waals surface area contributed by atoms with Crippen LogP contribution in [0.15, 0.2) is 24.3 Å². The fourth-order valence-electron chi connectivity index (χ4n) is 6.33. The van der Waals surface area contributed by atoms with Crippen LogP contribution in [0.4, 0.5) is 0 Å². The van der Waals surface area contributed by atoms with E-state index in [2.05, 4.69) is 6.92 Å². The summed E-state index contributed by atoms with van der Waals surface area (Å²) in [5.74, 6) is -3.30. The lowest BCUT2D eigenvalue weighted by Gasteiger charge is -2.41. The van der Waals surface area contributed by atoms with Crippen LogP contribution >= 0.6 is 0 Å². The van der Waals surface area contributed by atoms with Crippen molar-refractivity contribution in [2.24, 2.45) is 11.5 Å². The van der Waals surface area contributed by atoms with Gasteiger partial charge in [0.05, 0.1) is 42.1 Å². The molecule has 2 aromatic carbocycles. The molecule has 5 rings (SSSR count). The zero-order valence-electron chi connectivity index (χ0n) is 28.5. The van der Waals surface area contributed by atoms with E-state index in [1.165, 1.54) is 26.0 Å². The zero-order chi connectivity index (χ0) is 36.9. The third-order valence-corrected chi connectivity index (χ3v) is 9.22. The smallest absolute Gasteiger partial charge is 0.323 e. The molecule has 0 spiro atoms. The van der Waals surface area contributed by atoms with Gasteiger partial charge in [-0.3, -0.25) is 24.0 Å². The third-order valence-electron chi connectivity index (χ3n) is 9.22. The van der Waals surface area contributed by atoms with Crippen LogP contribution in [-0.2, 0) is 35.0 Å². The first kappa shape index (κ1) is 38.7. The van der Waals surface area contributed by atoms with E-state index in [-0.39, 0.29) is 71.5 Å². The highest BCUT2D eigenvalue weighted by atomic mass is 16.7. The molecule has 1 heterocycles. The van der Waals surface area contributed by atoms with Gasteiger partial charge in [-0.1, -0.05) is 50.5 Å². The van der Waals surface area contributed by atoms with Crippen molar-refractivity contribution in [3.8, 4) is 11.5 Å². The van der Waals surface area contributed by atoms with Gasteiger partial charge in [-0.2, -0.15) is 0 Å². The van der Waals surface area contributed by atoms with Gasteiger partial charge in [0.2, 0.25) is 0 Å². The summed E-state index contributed by atoms with van der Waals surface area (Å²) in [7, 11) is 0. The van der Waals surface area contributed by atoms with E-state index in [9.17, 15) is 44.4 Å². The number of unbranched alkanes of at least 4 members (excludes halogenated alkanes) is 3. The Hall–Kier alpha value is -4.05. The summed E-state index contributed by atoms with van der Waals surface area (Å²) in [6.07, 6.45) is -0.444. The Morgan fingerprint density at radius 1 is 0.980 bits per heavy atom. The topological polar surface area (TPSA) is 246 Å². The summed E-state index contributed by atoms with van der Waals surface area (Å²) in [6.45, 7) is 5.03. The second-order valence-corrected chi connectivity index (χ2v) is 13.1. The molecule has 0 bridgehead atoms. The Kier molecular flexibility index (Phi) is 12.6. The molecule has 50 heavy (non-hydrogen) atoms. The minimum absolute atomic E-state index is 0.0344. The van der Waals surface area contributed by atoms with Crippen molar-refractivity contribution in [2.75, 3.05) is 13.2 Å². The number of esters is 1. The van der Waals surface area contributed by atoms with Gasteiger partial charge < -0.3 is 46.1 Å². The fourth-order valence-corrected chi connectivity index (χ4v) is 6.33. The number of carbonyl (C=O) groups excluding carboxylic acids is 5. The molecule has 14 nitrogen and oxygen atoms in total. The predicted octanol–water partition coefficient (Wildman–Crippen LogP) is 2.05. The van der Waals surface area contributed by atoms with Crippen LogP contribution in [0, 0.1) is 0 Å². The molecule has 3 aliphatic rings. The van der Waals surface area contributed by atoms with Crippen molar-refractivity contribution in [3.63, 3.8) is 0 Å². The molecule has 1 aliphatic heterocycles. The summed E-state index contributed by atoms with van der Waals surface area (Å²) in [5.41, 5.74) is 9.93. The highest BCUT2D eigenvalue weighted by Crippen LogP contribution is 2.51. The van der Waals surface area contributed by atoms with E-state index < -0.39 is 71.0 Å². The Bertz CT molecular complexity index is 1640.